The fourth-order valence-corrected chi connectivity index (χ4v) is 4.60. The van der Waals surface area contributed by atoms with Crippen molar-refractivity contribution in [2.45, 2.75) is 50.5 Å². The van der Waals surface area contributed by atoms with Crippen LogP contribution in [0.2, 0.25) is 0 Å². The largest absolute Gasteiger partial charge is 0.449 e. The lowest BCUT2D eigenvalue weighted by atomic mass is 9.98. The molecule has 1 amide bonds. The van der Waals surface area contributed by atoms with Gasteiger partial charge in [0.1, 0.15) is 5.82 Å². The first kappa shape index (κ1) is 34.0. The Bertz CT molecular complexity index is 1510. The normalized spacial score (nSPS) is 14.8. The molecule has 2 heterocycles. The Balaban J connectivity index is 0.00000506. The Hall–Kier alpha value is -3.47. The van der Waals surface area contributed by atoms with Gasteiger partial charge in [-0.05, 0) is 30.2 Å². The third-order valence-electron chi connectivity index (χ3n) is 6.53. The topological polar surface area (TPSA) is 64.2 Å². The first-order chi connectivity index (χ1) is 19.3. The number of nitrogens with zero attached hydrogens (tertiary/aromatic N) is 3. The van der Waals surface area contributed by atoms with E-state index in [-0.39, 0.29) is 42.7 Å². The summed E-state index contributed by atoms with van der Waals surface area (Å²) in [5.41, 5.74) is -0.582. The van der Waals surface area contributed by atoms with Crippen molar-refractivity contribution in [3.05, 3.63) is 76.0 Å². The lowest BCUT2D eigenvalue weighted by Gasteiger charge is -2.30. The Morgan fingerprint density at radius 3 is 2.07 bits per heavy atom. The molecule has 0 spiro atoms. The molecule has 3 aromatic rings. The van der Waals surface area contributed by atoms with Crippen molar-refractivity contribution >= 4 is 18.3 Å². The highest BCUT2D eigenvalue weighted by Crippen LogP contribution is 2.43. The van der Waals surface area contributed by atoms with Crippen molar-refractivity contribution in [1.82, 2.24) is 14.5 Å². The van der Waals surface area contributed by atoms with Crippen LogP contribution in [-0.2, 0) is 42.8 Å². The number of carbonyl (C=O) groups is 1. The highest BCUT2D eigenvalue weighted by molar-refractivity contribution is 5.85. The molecule has 43 heavy (non-hydrogen) atoms. The molecule has 1 atom stereocenters. The summed E-state index contributed by atoms with van der Waals surface area (Å²) in [4.78, 5) is 17.2. The van der Waals surface area contributed by atoms with Gasteiger partial charge in [-0.1, -0.05) is 6.07 Å². The van der Waals surface area contributed by atoms with E-state index in [1.54, 1.807) is 0 Å². The highest BCUT2D eigenvalue weighted by Gasteiger charge is 2.44. The minimum atomic E-state index is -5.42. The Kier molecular flexibility index (Phi) is 9.42. The van der Waals surface area contributed by atoms with Crippen LogP contribution in [-0.4, -0.2) is 32.9 Å². The number of rotatable bonds is 5. The van der Waals surface area contributed by atoms with Crippen LogP contribution in [0.3, 0.4) is 0 Å². The maximum atomic E-state index is 14.0. The number of halogens is 13. The summed E-state index contributed by atoms with van der Waals surface area (Å²) < 4.78 is 163. The van der Waals surface area contributed by atoms with E-state index in [9.17, 15) is 57.5 Å². The van der Waals surface area contributed by atoms with Gasteiger partial charge in [0, 0.05) is 37.2 Å². The number of fused-ring (bicyclic) bond motifs is 1. The van der Waals surface area contributed by atoms with Crippen molar-refractivity contribution in [2.75, 3.05) is 6.54 Å². The van der Waals surface area contributed by atoms with Crippen LogP contribution in [0.5, 0.6) is 0 Å². The van der Waals surface area contributed by atoms with E-state index in [1.807, 2.05) is 0 Å². The molecular formula is C25H19ClF12N4O. The second-order valence-electron chi connectivity index (χ2n) is 9.48. The van der Waals surface area contributed by atoms with Crippen molar-refractivity contribution in [3.8, 4) is 11.3 Å². The van der Waals surface area contributed by atoms with Gasteiger partial charge in [-0.2, -0.15) is 39.5 Å². The number of aromatic nitrogens is 2. The molecule has 0 fully saturated rings. The number of benzene rings is 2. The van der Waals surface area contributed by atoms with Crippen LogP contribution >= 0.6 is 12.4 Å². The summed E-state index contributed by atoms with van der Waals surface area (Å²) >= 11 is 0. The zero-order valence-corrected chi connectivity index (χ0v) is 22.1. The SMILES string of the molecule is Cl.N[C@@H](CC(=O)N1CCn2c(C(F)(F)F)nc(-c3ccc(C(F)(F)F)cc3C(F)(F)F)c2C1)Cc1cc(F)c(F)cc1F. The van der Waals surface area contributed by atoms with Gasteiger partial charge in [0.05, 0.1) is 29.1 Å². The van der Waals surface area contributed by atoms with Crippen molar-refractivity contribution in [3.63, 3.8) is 0 Å². The van der Waals surface area contributed by atoms with E-state index >= 15 is 0 Å². The molecule has 0 aliphatic carbocycles. The van der Waals surface area contributed by atoms with Gasteiger partial charge in [0.2, 0.25) is 11.7 Å². The average molecular weight is 655 g/mol. The summed E-state index contributed by atoms with van der Waals surface area (Å²) in [7, 11) is 0. The van der Waals surface area contributed by atoms with E-state index in [0.717, 1.165) is 4.90 Å². The van der Waals surface area contributed by atoms with E-state index in [1.165, 1.54) is 0 Å². The van der Waals surface area contributed by atoms with Gasteiger partial charge in [0.15, 0.2) is 11.6 Å². The van der Waals surface area contributed by atoms with E-state index in [4.69, 9.17) is 5.73 Å². The van der Waals surface area contributed by atoms with Crippen molar-refractivity contribution in [2.24, 2.45) is 5.73 Å². The van der Waals surface area contributed by atoms with E-state index < -0.39 is 108 Å². The van der Waals surface area contributed by atoms with Crippen molar-refractivity contribution in [1.29, 1.82) is 0 Å². The Labute approximate surface area is 240 Å². The average Bonchev–Trinajstić information content (AvgIpc) is 3.25. The van der Waals surface area contributed by atoms with Gasteiger partial charge < -0.3 is 15.2 Å². The molecular weight excluding hydrogens is 636 g/mol. The maximum absolute atomic E-state index is 14.0. The van der Waals surface area contributed by atoms with Gasteiger partial charge in [-0.15, -0.1) is 12.4 Å². The molecule has 1 aliphatic heterocycles. The highest BCUT2D eigenvalue weighted by atomic mass is 35.5. The van der Waals surface area contributed by atoms with Gasteiger partial charge in [-0.3, -0.25) is 4.79 Å². The van der Waals surface area contributed by atoms with Gasteiger partial charge in [0.25, 0.3) is 0 Å². The molecule has 236 valence electrons. The van der Waals surface area contributed by atoms with Gasteiger partial charge >= 0.3 is 18.5 Å². The summed E-state index contributed by atoms with van der Waals surface area (Å²) in [5, 5.41) is 0. The third-order valence-corrected chi connectivity index (χ3v) is 6.53. The molecule has 4 rings (SSSR count). The van der Waals surface area contributed by atoms with Crippen LogP contribution in [0.1, 0.15) is 34.6 Å². The lowest BCUT2D eigenvalue weighted by molar-refractivity contribution is -0.148. The standard InChI is InChI=1S/C25H18F12N4O.ClH/c26-16-9-18(28)17(27)6-11(16)5-13(38)8-20(42)40-3-4-41-19(10-40)21(39-22(41)25(35,36)37)14-2-1-12(23(29,30)31)7-15(14)24(32,33)34;/h1-2,6-7,9,13H,3-5,8,10,38H2;1H/t13-;/m1./s1. The first-order valence-electron chi connectivity index (χ1n) is 11.9. The molecule has 0 radical (unpaired) electrons. The zero-order valence-electron chi connectivity index (χ0n) is 21.3. The van der Waals surface area contributed by atoms with Crippen LogP contribution < -0.4 is 5.73 Å². The summed E-state index contributed by atoms with van der Waals surface area (Å²) in [6.07, 6.45) is -16.8. The predicted octanol–water partition coefficient (Wildman–Crippen LogP) is 6.75. The summed E-state index contributed by atoms with van der Waals surface area (Å²) in [6, 6.07) is 0.0355. The number of hydrogen-bond donors (Lipinski definition) is 1. The predicted molar refractivity (Wildman–Crippen MR) is 128 cm³/mol. The molecule has 18 heteroatoms. The summed E-state index contributed by atoms with van der Waals surface area (Å²) in [5.74, 6) is -6.40. The smallest absolute Gasteiger partial charge is 0.335 e. The van der Waals surface area contributed by atoms with Crippen LogP contribution in [0.25, 0.3) is 11.3 Å². The molecule has 0 saturated carbocycles. The number of nitrogens with two attached hydrogens (primary N) is 1. The van der Waals surface area contributed by atoms with Crippen LogP contribution in [0, 0.1) is 17.5 Å². The first-order valence-corrected chi connectivity index (χ1v) is 11.9. The maximum Gasteiger partial charge on any atom is 0.449 e. The number of carbonyl (C=O) groups excluding carboxylic acids is 1. The molecule has 1 aliphatic rings. The second kappa shape index (κ2) is 11.9. The number of amides is 1. The fourth-order valence-electron chi connectivity index (χ4n) is 4.60. The molecule has 0 bridgehead atoms. The quantitative estimate of drug-likeness (QED) is 0.245. The van der Waals surface area contributed by atoms with Crippen molar-refractivity contribution < 1.29 is 57.5 Å². The second-order valence-corrected chi connectivity index (χ2v) is 9.48. The molecule has 1 aromatic heterocycles. The Morgan fingerprint density at radius 2 is 1.49 bits per heavy atom. The lowest BCUT2D eigenvalue weighted by Crippen LogP contribution is -2.42. The minimum Gasteiger partial charge on any atom is -0.335 e. The Morgan fingerprint density at radius 1 is 0.860 bits per heavy atom. The van der Waals surface area contributed by atoms with E-state index in [0.29, 0.717) is 16.7 Å². The van der Waals surface area contributed by atoms with E-state index in [2.05, 4.69) is 4.98 Å². The molecule has 2 N–H and O–H groups in total. The number of alkyl halides is 9. The monoisotopic (exact) mass is 654 g/mol. The molecule has 0 unspecified atom stereocenters. The van der Waals surface area contributed by atoms with Gasteiger partial charge in [-0.25, -0.2) is 18.2 Å². The molecule has 2 aromatic carbocycles. The molecule has 0 saturated heterocycles. The van der Waals surface area contributed by atoms with Crippen LogP contribution in [0.4, 0.5) is 52.7 Å². The zero-order chi connectivity index (χ0) is 31.4. The minimum absolute atomic E-state index is 0. The number of hydrogen-bond acceptors (Lipinski definition) is 3. The third kappa shape index (κ3) is 7.20. The molecule has 5 nitrogen and oxygen atoms in total. The van der Waals surface area contributed by atoms with Crippen LogP contribution in [0.15, 0.2) is 30.3 Å². The summed E-state index contributed by atoms with van der Waals surface area (Å²) in [6.45, 7) is -1.68. The number of imidazole rings is 1. The fraction of sp³-hybridized carbons (Fsp3) is 0.360.